The molecule has 0 aliphatic rings. The number of Topliss-reactive ketones (excluding diaryl/α,β-unsaturated/α-hetero) is 1. The van der Waals surface area contributed by atoms with Crippen molar-refractivity contribution in [1.29, 1.82) is 0 Å². The van der Waals surface area contributed by atoms with Gasteiger partial charge in [0.15, 0.2) is 5.78 Å². The van der Waals surface area contributed by atoms with Crippen LogP contribution in [0.5, 0.6) is 11.5 Å². The molecule has 1 heterocycles. The van der Waals surface area contributed by atoms with Crippen LogP contribution in [0.1, 0.15) is 57.6 Å². The molecule has 0 bridgehead atoms. The van der Waals surface area contributed by atoms with Crippen LogP contribution in [0.3, 0.4) is 0 Å². The van der Waals surface area contributed by atoms with E-state index in [9.17, 15) is 14.4 Å². The van der Waals surface area contributed by atoms with Gasteiger partial charge in [0.25, 0.3) is 0 Å². The number of methoxy groups -OCH3 is 2. The van der Waals surface area contributed by atoms with Crippen LogP contribution in [0.15, 0.2) is 41.1 Å². The maximum absolute atomic E-state index is 13.2. The lowest BCUT2D eigenvalue weighted by Gasteiger charge is -2.23. The molecule has 0 fully saturated rings. The molecule has 1 aromatic carbocycles. The second kappa shape index (κ2) is 16.6. The number of ether oxygens (including phenoxy) is 3. The Balaban J connectivity index is 2.04. The summed E-state index contributed by atoms with van der Waals surface area (Å²) in [6.45, 7) is 6.24. The quantitative estimate of drug-likeness (QED) is 0.278. The van der Waals surface area contributed by atoms with Gasteiger partial charge in [-0.3, -0.25) is 14.4 Å². The van der Waals surface area contributed by atoms with Gasteiger partial charge in [0.1, 0.15) is 24.1 Å². The minimum absolute atomic E-state index is 0.0852. The SMILES string of the molecule is CCCC[C@H](NC(=O)[C@H](CC(C)C)NC(=O)C=Cc1ccc(OC)cc1OC)C(=O)COCc1ccsc1. The van der Waals surface area contributed by atoms with Crippen LogP contribution < -0.4 is 20.1 Å². The first-order chi connectivity index (χ1) is 18.3. The number of hydrogen-bond acceptors (Lipinski definition) is 7. The summed E-state index contributed by atoms with van der Waals surface area (Å²) in [5, 5.41) is 9.59. The molecule has 2 N–H and O–H groups in total. The van der Waals surface area contributed by atoms with Crippen molar-refractivity contribution in [2.45, 2.75) is 65.1 Å². The molecular weight excluding hydrogens is 504 g/mol. The molecule has 0 aliphatic carbocycles. The van der Waals surface area contributed by atoms with Crippen LogP contribution in [-0.4, -0.2) is 50.5 Å². The minimum Gasteiger partial charge on any atom is -0.497 e. The zero-order chi connectivity index (χ0) is 27.9. The Morgan fingerprint density at radius 1 is 1.05 bits per heavy atom. The highest BCUT2D eigenvalue weighted by molar-refractivity contribution is 7.07. The second-order valence-electron chi connectivity index (χ2n) is 9.43. The lowest BCUT2D eigenvalue weighted by atomic mass is 10.0. The standard InChI is InChI=1S/C29H40N2O6S/c1-6-7-8-24(26(32)18-37-17-21-13-14-38-19-21)31-29(34)25(15-20(2)3)30-28(33)12-10-22-9-11-23(35-4)16-27(22)36-5/h9-14,16,19-20,24-25H,6-8,15,17-18H2,1-5H3,(H,30,33)(H,31,34)/t24-,25-/m0/s1. The van der Waals surface area contributed by atoms with Crippen molar-refractivity contribution in [3.05, 3.63) is 52.2 Å². The van der Waals surface area contributed by atoms with Gasteiger partial charge in [-0.1, -0.05) is 33.6 Å². The zero-order valence-electron chi connectivity index (χ0n) is 23.0. The van der Waals surface area contributed by atoms with E-state index in [0.29, 0.717) is 36.5 Å². The van der Waals surface area contributed by atoms with Gasteiger partial charge in [-0.2, -0.15) is 11.3 Å². The van der Waals surface area contributed by atoms with Gasteiger partial charge < -0.3 is 24.8 Å². The summed E-state index contributed by atoms with van der Waals surface area (Å²) in [5.74, 6) is 0.372. The van der Waals surface area contributed by atoms with Crippen molar-refractivity contribution in [3.63, 3.8) is 0 Å². The number of carbonyl (C=O) groups is 3. The molecule has 208 valence electrons. The summed E-state index contributed by atoms with van der Waals surface area (Å²) >= 11 is 1.57. The van der Waals surface area contributed by atoms with Crippen LogP contribution in [0.2, 0.25) is 0 Å². The third kappa shape index (κ3) is 10.7. The second-order valence-corrected chi connectivity index (χ2v) is 10.2. The van der Waals surface area contributed by atoms with E-state index < -0.39 is 18.0 Å². The Labute approximate surface area is 229 Å². The predicted molar refractivity (Wildman–Crippen MR) is 150 cm³/mol. The van der Waals surface area contributed by atoms with Crippen molar-refractivity contribution in [3.8, 4) is 11.5 Å². The predicted octanol–water partition coefficient (Wildman–Crippen LogP) is 4.77. The summed E-state index contributed by atoms with van der Waals surface area (Å²) in [5.41, 5.74) is 1.71. The van der Waals surface area contributed by atoms with Gasteiger partial charge in [-0.15, -0.1) is 0 Å². The fraction of sp³-hybridized carbons (Fsp3) is 0.483. The van der Waals surface area contributed by atoms with Crippen LogP contribution in [0.4, 0.5) is 0 Å². The highest BCUT2D eigenvalue weighted by Gasteiger charge is 2.26. The van der Waals surface area contributed by atoms with Gasteiger partial charge in [0, 0.05) is 17.7 Å². The van der Waals surface area contributed by atoms with Crippen LogP contribution in [0, 0.1) is 5.92 Å². The van der Waals surface area contributed by atoms with E-state index in [1.165, 1.54) is 6.08 Å². The first kappa shape index (κ1) is 31.1. The monoisotopic (exact) mass is 544 g/mol. The highest BCUT2D eigenvalue weighted by atomic mass is 32.1. The van der Waals surface area contributed by atoms with E-state index in [-0.39, 0.29) is 24.2 Å². The third-order valence-corrected chi connectivity index (χ3v) is 6.57. The van der Waals surface area contributed by atoms with Crippen LogP contribution in [-0.2, 0) is 25.7 Å². The fourth-order valence-electron chi connectivity index (χ4n) is 3.78. The molecular formula is C29H40N2O6S. The van der Waals surface area contributed by atoms with Gasteiger partial charge in [-0.25, -0.2) is 0 Å². The molecule has 1 aromatic heterocycles. The average molecular weight is 545 g/mol. The van der Waals surface area contributed by atoms with E-state index in [0.717, 1.165) is 18.4 Å². The molecule has 8 nitrogen and oxygen atoms in total. The maximum atomic E-state index is 13.2. The summed E-state index contributed by atoms with van der Waals surface area (Å²) in [6.07, 6.45) is 5.61. The molecule has 9 heteroatoms. The highest BCUT2D eigenvalue weighted by Crippen LogP contribution is 2.25. The summed E-state index contributed by atoms with van der Waals surface area (Å²) < 4.78 is 16.2. The van der Waals surface area contributed by atoms with E-state index in [2.05, 4.69) is 10.6 Å². The molecule has 0 spiro atoms. The minimum atomic E-state index is -0.784. The fourth-order valence-corrected chi connectivity index (χ4v) is 4.44. The van der Waals surface area contributed by atoms with E-state index >= 15 is 0 Å². The number of benzene rings is 1. The Kier molecular flexibility index (Phi) is 13.6. The van der Waals surface area contributed by atoms with Crippen molar-refractivity contribution in [1.82, 2.24) is 10.6 Å². The molecule has 0 radical (unpaired) electrons. The Bertz CT molecular complexity index is 1050. The zero-order valence-corrected chi connectivity index (χ0v) is 23.8. The van der Waals surface area contributed by atoms with Gasteiger partial charge in [-0.05, 0) is 59.4 Å². The van der Waals surface area contributed by atoms with Crippen LogP contribution in [0.25, 0.3) is 6.08 Å². The largest absolute Gasteiger partial charge is 0.497 e. The van der Waals surface area contributed by atoms with Gasteiger partial charge in [0.05, 0.1) is 26.9 Å². The summed E-state index contributed by atoms with van der Waals surface area (Å²) in [7, 11) is 3.11. The summed E-state index contributed by atoms with van der Waals surface area (Å²) in [4.78, 5) is 38.9. The van der Waals surface area contributed by atoms with Gasteiger partial charge >= 0.3 is 0 Å². The molecule has 0 aliphatic heterocycles. The molecule has 0 saturated carbocycles. The topological polar surface area (TPSA) is 103 Å². The number of hydrogen-bond donors (Lipinski definition) is 2. The lowest BCUT2D eigenvalue weighted by Crippen LogP contribution is -2.52. The van der Waals surface area contributed by atoms with Crippen LogP contribution >= 0.6 is 11.3 Å². The molecule has 2 atom stereocenters. The Hall–Kier alpha value is -3.17. The number of ketones is 1. The number of nitrogens with one attached hydrogen (secondary N) is 2. The Morgan fingerprint density at radius 3 is 2.47 bits per heavy atom. The molecule has 0 unspecified atom stereocenters. The first-order valence-corrected chi connectivity index (χ1v) is 13.8. The number of rotatable bonds is 17. The van der Waals surface area contributed by atoms with E-state index in [1.807, 2.05) is 37.6 Å². The van der Waals surface area contributed by atoms with E-state index in [4.69, 9.17) is 14.2 Å². The summed E-state index contributed by atoms with van der Waals surface area (Å²) in [6, 6.07) is 5.77. The first-order valence-electron chi connectivity index (χ1n) is 12.9. The average Bonchev–Trinajstić information content (AvgIpc) is 3.42. The van der Waals surface area contributed by atoms with Gasteiger partial charge in [0.2, 0.25) is 11.8 Å². The molecule has 2 amide bonds. The Morgan fingerprint density at radius 2 is 1.84 bits per heavy atom. The number of unbranched alkanes of at least 4 members (excludes halogenated alkanes) is 1. The normalized spacial score (nSPS) is 12.8. The number of amides is 2. The molecule has 0 saturated heterocycles. The molecule has 2 rings (SSSR count). The van der Waals surface area contributed by atoms with Crippen molar-refractivity contribution in [2.75, 3.05) is 20.8 Å². The van der Waals surface area contributed by atoms with Crippen molar-refractivity contribution in [2.24, 2.45) is 5.92 Å². The smallest absolute Gasteiger partial charge is 0.244 e. The third-order valence-electron chi connectivity index (χ3n) is 5.84. The van der Waals surface area contributed by atoms with Crippen molar-refractivity contribution >= 4 is 35.0 Å². The van der Waals surface area contributed by atoms with E-state index in [1.54, 1.807) is 49.8 Å². The molecule has 2 aromatic rings. The van der Waals surface area contributed by atoms with Crippen molar-refractivity contribution < 1.29 is 28.6 Å². The number of thiophene rings is 1. The number of carbonyl (C=O) groups excluding carboxylic acids is 3. The molecule has 38 heavy (non-hydrogen) atoms. The maximum Gasteiger partial charge on any atom is 0.244 e. The lowest BCUT2D eigenvalue weighted by molar-refractivity contribution is -0.132.